The van der Waals surface area contributed by atoms with Gasteiger partial charge in [-0.25, -0.2) is 0 Å². The molecule has 0 aliphatic rings. The Bertz CT molecular complexity index is 1870. The van der Waals surface area contributed by atoms with E-state index in [1.54, 1.807) is 43.5 Å². The van der Waals surface area contributed by atoms with E-state index in [4.69, 9.17) is 14.0 Å². The summed E-state index contributed by atoms with van der Waals surface area (Å²) in [5.41, 5.74) is 1.18. The van der Waals surface area contributed by atoms with E-state index in [-0.39, 0.29) is 35.0 Å². The van der Waals surface area contributed by atoms with Crippen molar-refractivity contribution >= 4 is 29.0 Å². The van der Waals surface area contributed by atoms with Crippen molar-refractivity contribution in [3.05, 3.63) is 113 Å². The monoisotopic (exact) mass is 678 g/mol. The van der Waals surface area contributed by atoms with Crippen LogP contribution in [0.25, 0.3) is 17.0 Å². The van der Waals surface area contributed by atoms with E-state index in [1.807, 2.05) is 13.8 Å². The Morgan fingerprint density at radius 2 is 1.67 bits per heavy atom. The number of allylic oxidation sites excluding steroid dienone is 4. The first kappa shape index (κ1) is 35.9. The van der Waals surface area contributed by atoms with Crippen LogP contribution in [-0.4, -0.2) is 58.7 Å². The number of benzene rings is 3. The second-order valence-electron chi connectivity index (χ2n) is 10.8. The summed E-state index contributed by atoms with van der Waals surface area (Å²) in [4.78, 5) is 43.1. The third-order valence-electron chi connectivity index (χ3n) is 7.25. The van der Waals surface area contributed by atoms with Crippen molar-refractivity contribution in [2.45, 2.75) is 33.0 Å². The van der Waals surface area contributed by atoms with Crippen molar-refractivity contribution in [1.29, 1.82) is 0 Å². The maximum atomic E-state index is 13.5. The molecule has 0 fully saturated rings. The first-order chi connectivity index (χ1) is 23.3. The Morgan fingerprint density at radius 3 is 2.29 bits per heavy atom. The highest BCUT2D eigenvalue weighted by atomic mass is 19.4. The summed E-state index contributed by atoms with van der Waals surface area (Å²) in [6.07, 6.45) is -1.66. The Labute approximate surface area is 279 Å². The van der Waals surface area contributed by atoms with Gasteiger partial charge in [-0.3, -0.25) is 14.4 Å². The number of nitrogens with one attached hydrogen (secondary N) is 1. The Balaban J connectivity index is 1.42. The number of methoxy groups -OCH3 is 2. The number of anilines is 1. The van der Waals surface area contributed by atoms with Crippen LogP contribution < -0.4 is 10.1 Å². The molecule has 0 unspecified atom stereocenters. The van der Waals surface area contributed by atoms with E-state index in [9.17, 15) is 32.7 Å². The fourth-order valence-corrected chi connectivity index (χ4v) is 4.58. The number of aromatic nitrogens is 2. The highest BCUT2D eigenvalue weighted by Crippen LogP contribution is 2.35. The molecule has 0 saturated carbocycles. The molecule has 4 aromatic rings. The summed E-state index contributed by atoms with van der Waals surface area (Å²) in [6.45, 7) is 3.02. The van der Waals surface area contributed by atoms with Gasteiger partial charge in [0.1, 0.15) is 12.3 Å². The highest BCUT2D eigenvalue weighted by molar-refractivity contribution is 5.97. The largest absolute Gasteiger partial charge is 0.501 e. The maximum absolute atomic E-state index is 13.5. The molecule has 3 aromatic carbocycles. The third kappa shape index (κ3) is 9.79. The zero-order chi connectivity index (χ0) is 35.7. The molecular weight excluding hydrogens is 645 g/mol. The van der Waals surface area contributed by atoms with Crippen LogP contribution in [0.5, 0.6) is 5.75 Å². The quantitative estimate of drug-likeness (QED) is 0.118. The number of ether oxygens (including phenoxy) is 2. The van der Waals surface area contributed by atoms with Gasteiger partial charge in [-0.05, 0) is 85.2 Å². The lowest BCUT2D eigenvalue weighted by Gasteiger charge is -2.21. The van der Waals surface area contributed by atoms with Crippen LogP contribution in [0.4, 0.5) is 18.9 Å². The number of carboxylic acid groups (broad SMARTS) is 1. The lowest BCUT2D eigenvalue weighted by atomic mass is 10.0. The summed E-state index contributed by atoms with van der Waals surface area (Å²) in [5, 5.41) is 16.0. The van der Waals surface area contributed by atoms with E-state index >= 15 is 0 Å². The van der Waals surface area contributed by atoms with Crippen LogP contribution >= 0.6 is 0 Å². The van der Waals surface area contributed by atoms with E-state index in [0.29, 0.717) is 22.7 Å². The Morgan fingerprint density at radius 1 is 0.980 bits per heavy atom. The molecular formula is C35H33F3N4O7. The second-order valence-corrected chi connectivity index (χ2v) is 10.8. The minimum atomic E-state index is -4.69. The molecule has 1 aromatic heterocycles. The zero-order valence-electron chi connectivity index (χ0n) is 27.0. The molecule has 49 heavy (non-hydrogen) atoms. The molecule has 11 nitrogen and oxygen atoms in total. The van der Waals surface area contributed by atoms with Crippen LogP contribution in [0.15, 0.2) is 89.2 Å². The van der Waals surface area contributed by atoms with Crippen LogP contribution in [-0.2, 0) is 33.5 Å². The predicted octanol–water partition coefficient (Wildman–Crippen LogP) is 6.63. The Hall–Kier alpha value is -5.92. The molecule has 1 heterocycles. The van der Waals surface area contributed by atoms with Crippen molar-refractivity contribution in [3.63, 3.8) is 0 Å². The fourth-order valence-electron chi connectivity index (χ4n) is 4.58. The summed E-state index contributed by atoms with van der Waals surface area (Å²) >= 11 is 0. The van der Waals surface area contributed by atoms with E-state index in [0.717, 1.165) is 16.5 Å². The normalized spacial score (nSPS) is 12.0. The standard InChI is InChI=1S/C35H33F3N4O7/c1-21(5-6-22(2)47-3)32-40-33(49-41-32)24-9-7-23(8-10-24)19-42(20-31(44)45)34(46)25-11-14-27(15-12-25)39-30(43)17-26-13-16-28(48-4)18-29(26)35(36,37)38/h5-16,18H,17,19-20H2,1-4H3,(H,39,43)(H,44,45). The average Bonchev–Trinajstić information content (AvgIpc) is 3.57. The summed E-state index contributed by atoms with van der Waals surface area (Å²) in [6, 6.07) is 15.8. The van der Waals surface area contributed by atoms with Gasteiger partial charge in [-0.15, -0.1) is 0 Å². The van der Waals surface area contributed by atoms with Gasteiger partial charge >= 0.3 is 12.1 Å². The smallest absolute Gasteiger partial charge is 0.416 e. The minimum Gasteiger partial charge on any atom is -0.501 e. The van der Waals surface area contributed by atoms with Gasteiger partial charge in [-0.2, -0.15) is 18.2 Å². The predicted molar refractivity (Wildman–Crippen MR) is 173 cm³/mol. The van der Waals surface area contributed by atoms with Gasteiger partial charge in [-0.1, -0.05) is 29.4 Å². The molecule has 14 heteroatoms. The topological polar surface area (TPSA) is 144 Å². The molecule has 0 aliphatic carbocycles. The number of halogens is 3. The lowest BCUT2D eigenvalue weighted by Crippen LogP contribution is -2.35. The molecule has 0 aliphatic heterocycles. The van der Waals surface area contributed by atoms with Gasteiger partial charge in [0, 0.05) is 23.4 Å². The van der Waals surface area contributed by atoms with Crippen molar-refractivity contribution in [2.75, 3.05) is 26.1 Å². The maximum Gasteiger partial charge on any atom is 0.416 e. The van der Waals surface area contributed by atoms with Crippen LogP contribution in [0.3, 0.4) is 0 Å². The van der Waals surface area contributed by atoms with Gasteiger partial charge in [0.05, 0.1) is 32.0 Å². The number of hydrogen-bond donors (Lipinski definition) is 2. The van der Waals surface area contributed by atoms with Crippen LogP contribution in [0.2, 0.25) is 0 Å². The number of alkyl halides is 3. The van der Waals surface area contributed by atoms with E-state index in [1.165, 1.54) is 43.5 Å². The first-order valence-electron chi connectivity index (χ1n) is 14.7. The number of rotatable bonds is 13. The second kappa shape index (κ2) is 15.8. The molecule has 4 rings (SSSR count). The highest BCUT2D eigenvalue weighted by Gasteiger charge is 2.34. The SMILES string of the molecule is COC(C)=CC=C(C)c1noc(-c2ccc(CN(CC(=O)O)C(=O)c3ccc(NC(=O)Cc4ccc(OC)cc4C(F)(F)F)cc3)cc2)n1. The van der Waals surface area contributed by atoms with Crippen LogP contribution in [0.1, 0.15) is 46.7 Å². The Kier molecular flexibility index (Phi) is 11.6. The van der Waals surface area contributed by atoms with Gasteiger partial charge < -0.3 is 29.3 Å². The fraction of sp³-hybridized carbons (Fsp3) is 0.229. The number of nitrogens with zero attached hydrogens (tertiary/aromatic N) is 3. The van der Waals surface area contributed by atoms with Gasteiger partial charge in [0.15, 0.2) is 5.82 Å². The number of carbonyl (C=O) groups is 3. The summed E-state index contributed by atoms with van der Waals surface area (Å²) in [5.74, 6) is -1.11. The third-order valence-corrected chi connectivity index (χ3v) is 7.25. The molecule has 256 valence electrons. The molecule has 0 bridgehead atoms. The van der Waals surface area contributed by atoms with Gasteiger partial charge in [0.25, 0.3) is 11.8 Å². The average molecular weight is 679 g/mol. The molecule has 0 atom stereocenters. The zero-order valence-corrected chi connectivity index (χ0v) is 27.0. The number of aliphatic carboxylic acids is 1. The lowest BCUT2D eigenvalue weighted by molar-refractivity contribution is -0.139. The van der Waals surface area contributed by atoms with E-state index < -0.39 is 42.5 Å². The number of amides is 2. The first-order valence-corrected chi connectivity index (χ1v) is 14.7. The number of carbonyl (C=O) groups excluding carboxylic acids is 2. The molecule has 2 amide bonds. The number of hydrogen-bond acceptors (Lipinski definition) is 8. The molecule has 0 radical (unpaired) electrons. The van der Waals surface area contributed by atoms with Crippen molar-refractivity contribution in [2.24, 2.45) is 0 Å². The molecule has 0 spiro atoms. The minimum absolute atomic E-state index is 0.00861. The van der Waals surface area contributed by atoms with Crippen molar-refractivity contribution in [1.82, 2.24) is 15.0 Å². The van der Waals surface area contributed by atoms with E-state index in [2.05, 4.69) is 15.5 Å². The summed E-state index contributed by atoms with van der Waals surface area (Å²) < 4.78 is 56.0. The van der Waals surface area contributed by atoms with Crippen molar-refractivity contribution < 1.29 is 46.7 Å². The molecule has 2 N–H and O–H groups in total. The van der Waals surface area contributed by atoms with Crippen LogP contribution in [0, 0.1) is 0 Å². The molecule has 0 saturated heterocycles. The van der Waals surface area contributed by atoms with Gasteiger partial charge in [0.2, 0.25) is 5.91 Å². The van der Waals surface area contributed by atoms with Crippen molar-refractivity contribution in [3.8, 4) is 17.2 Å². The number of carboxylic acids is 1. The summed E-state index contributed by atoms with van der Waals surface area (Å²) in [7, 11) is 2.81.